The Morgan fingerprint density at radius 2 is 2.08 bits per heavy atom. The third-order valence-electron chi connectivity index (χ3n) is 3.61. The van der Waals surface area contributed by atoms with Crippen LogP contribution in [-0.2, 0) is 4.74 Å². The van der Waals surface area contributed by atoms with Crippen LogP contribution in [0.5, 0.6) is 5.88 Å². The van der Waals surface area contributed by atoms with Crippen LogP contribution in [0, 0.1) is 0 Å². The zero-order chi connectivity index (χ0) is 17.1. The predicted molar refractivity (Wildman–Crippen MR) is 89.3 cm³/mol. The standard InChI is InChI=1S/C16H18N4O3S/c1-4-24-11-7-10(16(21)23-3)19-14(20-11)12-13(9-5-6-9)17-8-18-15(12)22-2/h7-9H,4-6H2,1-3H3. The summed E-state index contributed by atoms with van der Waals surface area (Å²) in [5, 5.41) is 0.704. The van der Waals surface area contributed by atoms with Gasteiger partial charge in [0.05, 0.1) is 19.9 Å². The molecular weight excluding hydrogens is 328 g/mol. The van der Waals surface area contributed by atoms with Crippen molar-refractivity contribution in [3.8, 4) is 17.3 Å². The lowest BCUT2D eigenvalue weighted by Crippen LogP contribution is -2.09. The normalized spacial score (nSPS) is 13.6. The first-order valence-electron chi connectivity index (χ1n) is 7.67. The van der Waals surface area contributed by atoms with Gasteiger partial charge in [-0.2, -0.15) is 0 Å². The molecule has 0 aliphatic heterocycles. The molecule has 1 aliphatic rings. The summed E-state index contributed by atoms with van der Waals surface area (Å²) < 4.78 is 10.2. The lowest BCUT2D eigenvalue weighted by Gasteiger charge is -2.12. The van der Waals surface area contributed by atoms with E-state index in [-0.39, 0.29) is 5.69 Å². The molecule has 7 nitrogen and oxygen atoms in total. The SMILES string of the molecule is CCSc1cc(C(=O)OC)nc(-c2c(OC)ncnc2C2CC2)n1. The molecule has 8 heteroatoms. The van der Waals surface area contributed by atoms with Gasteiger partial charge in [0.1, 0.15) is 16.9 Å². The molecule has 0 bridgehead atoms. The highest BCUT2D eigenvalue weighted by molar-refractivity contribution is 7.99. The molecule has 0 saturated heterocycles. The van der Waals surface area contributed by atoms with Gasteiger partial charge >= 0.3 is 5.97 Å². The van der Waals surface area contributed by atoms with E-state index in [1.807, 2.05) is 6.92 Å². The summed E-state index contributed by atoms with van der Waals surface area (Å²) in [5.41, 5.74) is 1.74. The third kappa shape index (κ3) is 3.33. The Bertz CT molecular complexity index is 765. The number of aromatic nitrogens is 4. The van der Waals surface area contributed by atoms with Gasteiger partial charge in [-0.1, -0.05) is 6.92 Å². The van der Waals surface area contributed by atoms with E-state index in [1.54, 1.807) is 13.2 Å². The minimum absolute atomic E-state index is 0.214. The van der Waals surface area contributed by atoms with E-state index in [0.717, 1.165) is 24.3 Å². The summed E-state index contributed by atoms with van der Waals surface area (Å²) in [6.45, 7) is 2.02. The highest BCUT2D eigenvalue weighted by Crippen LogP contribution is 2.45. The van der Waals surface area contributed by atoms with E-state index in [0.29, 0.717) is 28.2 Å². The van der Waals surface area contributed by atoms with Crippen molar-refractivity contribution >= 4 is 17.7 Å². The molecule has 126 valence electrons. The Hall–Kier alpha value is -2.22. The predicted octanol–water partition coefficient (Wildman–Crippen LogP) is 2.72. The Morgan fingerprint density at radius 1 is 1.29 bits per heavy atom. The van der Waals surface area contributed by atoms with Gasteiger partial charge in [0.15, 0.2) is 11.5 Å². The van der Waals surface area contributed by atoms with Gasteiger partial charge in [-0.25, -0.2) is 24.7 Å². The quantitative estimate of drug-likeness (QED) is 0.448. The van der Waals surface area contributed by atoms with Crippen molar-refractivity contribution in [1.82, 2.24) is 19.9 Å². The fourth-order valence-corrected chi connectivity index (χ4v) is 3.02. The van der Waals surface area contributed by atoms with Crippen LogP contribution in [0.15, 0.2) is 17.4 Å². The van der Waals surface area contributed by atoms with Crippen molar-refractivity contribution in [2.24, 2.45) is 0 Å². The molecule has 0 N–H and O–H groups in total. The second-order valence-corrected chi connectivity index (χ2v) is 6.54. The maximum Gasteiger partial charge on any atom is 0.356 e. The highest BCUT2D eigenvalue weighted by Gasteiger charge is 2.31. The molecule has 2 heterocycles. The van der Waals surface area contributed by atoms with Crippen molar-refractivity contribution in [3.05, 3.63) is 23.8 Å². The highest BCUT2D eigenvalue weighted by atomic mass is 32.2. The lowest BCUT2D eigenvalue weighted by molar-refractivity contribution is 0.0593. The van der Waals surface area contributed by atoms with Crippen LogP contribution in [0.1, 0.15) is 41.9 Å². The largest absolute Gasteiger partial charge is 0.480 e. The third-order valence-corrected chi connectivity index (χ3v) is 4.41. The van der Waals surface area contributed by atoms with E-state index in [4.69, 9.17) is 9.47 Å². The van der Waals surface area contributed by atoms with Crippen LogP contribution >= 0.6 is 11.8 Å². The van der Waals surface area contributed by atoms with Gasteiger partial charge in [-0.05, 0) is 18.6 Å². The molecule has 2 aromatic rings. The van der Waals surface area contributed by atoms with Gasteiger partial charge in [0.25, 0.3) is 0 Å². The van der Waals surface area contributed by atoms with Gasteiger partial charge in [0.2, 0.25) is 5.88 Å². The maximum absolute atomic E-state index is 12.0. The van der Waals surface area contributed by atoms with Crippen molar-refractivity contribution in [2.75, 3.05) is 20.0 Å². The first-order chi connectivity index (χ1) is 11.7. The van der Waals surface area contributed by atoms with Gasteiger partial charge < -0.3 is 9.47 Å². The molecule has 0 amide bonds. The lowest BCUT2D eigenvalue weighted by atomic mass is 10.1. The summed E-state index contributed by atoms with van der Waals surface area (Å²) in [5.74, 6) is 1.51. The van der Waals surface area contributed by atoms with E-state index in [2.05, 4.69) is 19.9 Å². The molecule has 0 unspecified atom stereocenters. The van der Waals surface area contributed by atoms with E-state index in [9.17, 15) is 4.79 Å². The van der Waals surface area contributed by atoms with E-state index < -0.39 is 5.97 Å². The molecule has 0 aromatic carbocycles. The molecule has 0 radical (unpaired) electrons. The van der Waals surface area contributed by atoms with Crippen LogP contribution in [0.2, 0.25) is 0 Å². The summed E-state index contributed by atoms with van der Waals surface area (Å²) in [6, 6.07) is 1.64. The van der Waals surface area contributed by atoms with Gasteiger partial charge in [-0.15, -0.1) is 11.8 Å². The maximum atomic E-state index is 12.0. The van der Waals surface area contributed by atoms with Crippen molar-refractivity contribution in [1.29, 1.82) is 0 Å². The smallest absolute Gasteiger partial charge is 0.356 e. The molecular formula is C16H18N4O3S. The Labute approximate surface area is 144 Å². The molecule has 1 fully saturated rings. The second-order valence-electron chi connectivity index (χ2n) is 5.26. The van der Waals surface area contributed by atoms with Gasteiger partial charge in [-0.3, -0.25) is 0 Å². The summed E-state index contributed by atoms with van der Waals surface area (Å²) in [4.78, 5) is 29.5. The van der Waals surface area contributed by atoms with Crippen LogP contribution in [-0.4, -0.2) is 45.9 Å². The van der Waals surface area contributed by atoms with Crippen LogP contribution in [0.25, 0.3) is 11.4 Å². The fraction of sp³-hybridized carbons (Fsp3) is 0.438. The van der Waals surface area contributed by atoms with Crippen LogP contribution in [0.3, 0.4) is 0 Å². The number of thioether (sulfide) groups is 1. The first kappa shape index (κ1) is 16.6. The van der Waals surface area contributed by atoms with Crippen LogP contribution < -0.4 is 4.74 Å². The molecule has 24 heavy (non-hydrogen) atoms. The molecule has 1 aliphatic carbocycles. The number of carbonyl (C=O) groups excluding carboxylic acids is 1. The topological polar surface area (TPSA) is 87.1 Å². The number of nitrogens with zero attached hydrogens (tertiary/aromatic N) is 4. The summed E-state index contributed by atoms with van der Waals surface area (Å²) >= 11 is 1.53. The zero-order valence-corrected chi connectivity index (χ0v) is 14.6. The van der Waals surface area contributed by atoms with Crippen molar-refractivity contribution in [3.63, 3.8) is 0 Å². The monoisotopic (exact) mass is 346 g/mol. The molecule has 3 rings (SSSR count). The van der Waals surface area contributed by atoms with Crippen molar-refractivity contribution < 1.29 is 14.3 Å². The number of carbonyl (C=O) groups is 1. The zero-order valence-electron chi connectivity index (χ0n) is 13.8. The molecule has 0 spiro atoms. The minimum atomic E-state index is -0.500. The number of rotatable bonds is 6. The summed E-state index contributed by atoms with van der Waals surface area (Å²) in [7, 11) is 2.88. The molecule has 1 saturated carbocycles. The number of hydrogen-bond acceptors (Lipinski definition) is 8. The van der Waals surface area contributed by atoms with Gasteiger partial charge in [0, 0.05) is 12.0 Å². The molecule has 0 atom stereocenters. The average Bonchev–Trinajstić information content (AvgIpc) is 3.45. The number of hydrogen-bond donors (Lipinski definition) is 0. The number of esters is 1. The number of methoxy groups -OCH3 is 2. The fourth-order valence-electron chi connectivity index (χ4n) is 2.38. The second kappa shape index (κ2) is 7.12. The van der Waals surface area contributed by atoms with E-state index >= 15 is 0 Å². The summed E-state index contributed by atoms with van der Waals surface area (Å²) in [6.07, 6.45) is 3.63. The first-order valence-corrected chi connectivity index (χ1v) is 8.65. The van der Waals surface area contributed by atoms with Crippen molar-refractivity contribution in [2.45, 2.75) is 30.7 Å². The Morgan fingerprint density at radius 3 is 2.71 bits per heavy atom. The van der Waals surface area contributed by atoms with E-state index in [1.165, 1.54) is 25.2 Å². The minimum Gasteiger partial charge on any atom is -0.480 e. The van der Waals surface area contributed by atoms with Crippen LogP contribution in [0.4, 0.5) is 0 Å². The number of ether oxygens (including phenoxy) is 2. The Kier molecular flexibility index (Phi) is 4.94. The molecule has 2 aromatic heterocycles. The Balaban J connectivity index is 2.18. The average molecular weight is 346 g/mol.